The molecule has 0 bridgehead atoms. The average molecular weight is 199 g/mol. The molecule has 0 aromatic heterocycles. The Morgan fingerprint density at radius 3 is 2.71 bits per heavy atom. The standard InChI is InChI=1S/C10H21N3O/c1-8(12-10(14)13(2)3)4-5-9-6-7-11-9/h8-9,11H,4-7H2,1-3H3,(H,12,14). The topological polar surface area (TPSA) is 44.4 Å². The zero-order valence-corrected chi connectivity index (χ0v) is 9.34. The number of nitrogens with zero attached hydrogens (tertiary/aromatic N) is 1. The summed E-state index contributed by atoms with van der Waals surface area (Å²) in [5.74, 6) is 0. The maximum Gasteiger partial charge on any atom is 0.317 e. The summed E-state index contributed by atoms with van der Waals surface area (Å²) in [5, 5.41) is 6.30. The molecule has 4 heteroatoms. The Balaban J connectivity index is 2.08. The molecule has 2 unspecified atom stereocenters. The largest absolute Gasteiger partial charge is 0.336 e. The molecule has 82 valence electrons. The summed E-state index contributed by atoms with van der Waals surface area (Å²) in [5.41, 5.74) is 0. The molecule has 0 radical (unpaired) electrons. The van der Waals surface area contributed by atoms with Gasteiger partial charge in [0.2, 0.25) is 0 Å². The molecule has 4 nitrogen and oxygen atoms in total. The third-order valence-electron chi connectivity index (χ3n) is 2.65. The number of hydrogen-bond acceptors (Lipinski definition) is 2. The molecule has 14 heavy (non-hydrogen) atoms. The van der Waals surface area contributed by atoms with E-state index in [9.17, 15) is 4.79 Å². The van der Waals surface area contributed by atoms with E-state index in [0.717, 1.165) is 19.4 Å². The molecule has 1 aliphatic heterocycles. The van der Waals surface area contributed by atoms with E-state index in [1.54, 1.807) is 19.0 Å². The van der Waals surface area contributed by atoms with Gasteiger partial charge in [-0.3, -0.25) is 0 Å². The van der Waals surface area contributed by atoms with E-state index < -0.39 is 0 Å². The van der Waals surface area contributed by atoms with Gasteiger partial charge in [0.1, 0.15) is 0 Å². The number of carbonyl (C=O) groups is 1. The third-order valence-corrected chi connectivity index (χ3v) is 2.65. The van der Waals surface area contributed by atoms with Gasteiger partial charge in [0.25, 0.3) is 0 Å². The first-order valence-corrected chi connectivity index (χ1v) is 5.31. The Kier molecular flexibility index (Phi) is 4.20. The van der Waals surface area contributed by atoms with Gasteiger partial charge in [-0.25, -0.2) is 4.79 Å². The zero-order valence-electron chi connectivity index (χ0n) is 9.34. The van der Waals surface area contributed by atoms with Crippen molar-refractivity contribution in [2.75, 3.05) is 20.6 Å². The van der Waals surface area contributed by atoms with Crippen molar-refractivity contribution in [2.45, 2.75) is 38.3 Å². The predicted octanol–water partition coefficient (Wildman–Crippen LogP) is 0.788. The highest BCUT2D eigenvalue weighted by Crippen LogP contribution is 2.10. The number of amides is 2. The first-order valence-electron chi connectivity index (χ1n) is 5.31. The van der Waals surface area contributed by atoms with Crippen LogP contribution >= 0.6 is 0 Å². The molecule has 0 saturated carbocycles. The van der Waals surface area contributed by atoms with E-state index in [4.69, 9.17) is 0 Å². The van der Waals surface area contributed by atoms with Crippen LogP contribution in [-0.4, -0.2) is 43.7 Å². The molecule has 1 saturated heterocycles. The second-order valence-electron chi connectivity index (χ2n) is 4.26. The maximum absolute atomic E-state index is 11.3. The van der Waals surface area contributed by atoms with Crippen molar-refractivity contribution in [1.29, 1.82) is 0 Å². The number of carbonyl (C=O) groups excluding carboxylic acids is 1. The fraction of sp³-hybridized carbons (Fsp3) is 0.900. The van der Waals surface area contributed by atoms with Gasteiger partial charge in [0, 0.05) is 26.2 Å². The smallest absolute Gasteiger partial charge is 0.317 e. The number of nitrogens with one attached hydrogen (secondary N) is 2. The molecule has 1 aliphatic rings. The van der Waals surface area contributed by atoms with Crippen LogP contribution in [0.1, 0.15) is 26.2 Å². The van der Waals surface area contributed by atoms with Crippen LogP contribution in [0.5, 0.6) is 0 Å². The molecule has 2 N–H and O–H groups in total. The highest BCUT2D eigenvalue weighted by Gasteiger charge is 2.17. The lowest BCUT2D eigenvalue weighted by Crippen LogP contribution is -2.45. The van der Waals surface area contributed by atoms with Crippen molar-refractivity contribution in [3.05, 3.63) is 0 Å². The first-order chi connectivity index (χ1) is 6.59. The van der Waals surface area contributed by atoms with Gasteiger partial charge in [-0.1, -0.05) is 0 Å². The summed E-state index contributed by atoms with van der Waals surface area (Å²) in [6, 6.07) is 0.958. The Morgan fingerprint density at radius 1 is 1.64 bits per heavy atom. The van der Waals surface area contributed by atoms with E-state index in [1.165, 1.54) is 6.42 Å². The van der Waals surface area contributed by atoms with Crippen LogP contribution < -0.4 is 10.6 Å². The minimum absolute atomic E-state index is 0.000862. The van der Waals surface area contributed by atoms with Gasteiger partial charge in [-0.15, -0.1) is 0 Å². The Hall–Kier alpha value is -0.770. The van der Waals surface area contributed by atoms with E-state index in [2.05, 4.69) is 17.6 Å². The van der Waals surface area contributed by atoms with Crippen LogP contribution in [-0.2, 0) is 0 Å². The summed E-state index contributed by atoms with van der Waals surface area (Å²) in [6.45, 7) is 3.21. The third kappa shape index (κ3) is 3.54. The van der Waals surface area contributed by atoms with E-state index >= 15 is 0 Å². The van der Waals surface area contributed by atoms with Crippen molar-refractivity contribution in [1.82, 2.24) is 15.5 Å². The average Bonchev–Trinajstić information content (AvgIpc) is 2.00. The molecular formula is C10H21N3O. The highest BCUT2D eigenvalue weighted by atomic mass is 16.2. The van der Waals surface area contributed by atoms with Gasteiger partial charge in [0.15, 0.2) is 0 Å². The van der Waals surface area contributed by atoms with Gasteiger partial charge in [0.05, 0.1) is 0 Å². The van der Waals surface area contributed by atoms with Gasteiger partial charge in [-0.2, -0.15) is 0 Å². The number of urea groups is 1. The minimum atomic E-state index is -0.000862. The second-order valence-corrected chi connectivity index (χ2v) is 4.26. The van der Waals surface area contributed by atoms with Crippen LogP contribution in [0.3, 0.4) is 0 Å². The van der Waals surface area contributed by atoms with Crippen LogP contribution in [0.2, 0.25) is 0 Å². The normalized spacial score (nSPS) is 22.4. The van der Waals surface area contributed by atoms with Crippen molar-refractivity contribution >= 4 is 6.03 Å². The fourth-order valence-electron chi connectivity index (χ4n) is 1.46. The van der Waals surface area contributed by atoms with Crippen molar-refractivity contribution in [3.63, 3.8) is 0 Å². The van der Waals surface area contributed by atoms with Crippen LogP contribution in [0.15, 0.2) is 0 Å². The quantitative estimate of drug-likeness (QED) is 0.703. The fourth-order valence-corrected chi connectivity index (χ4v) is 1.46. The molecule has 1 heterocycles. The van der Waals surface area contributed by atoms with Crippen molar-refractivity contribution in [2.24, 2.45) is 0 Å². The van der Waals surface area contributed by atoms with Gasteiger partial charge >= 0.3 is 6.03 Å². The summed E-state index contributed by atoms with van der Waals surface area (Å²) in [4.78, 5) is 12.8. The first kappa shape index (κ1) is 11.3. The molecule has 0 aromatic carbocycles. The zero-order chi connectivity index (χ0) is 10.6. The summed E-state index contributed by atoms with van der Waals surface area (Å²) in [6.07, 6.45) is 3.50. The molecule has 0 spiro atoms. The monoisotopic (exact) mass is 199 g/mol. The SMILES string of the molecule is CC(CCC1CCN1)NC(=O)N(C)C. The maximum atomic E-state index is 11.3. The molecule has 1 rings (SSSR count). The van der Waals surface area contributed by atoms with Crippen molar-refractivity contribution in [3.8, 4) is 0 Å². The predicted molar refractivity (Wildman–Crippen MR) is 57.3 cm³/mol. The van der Waals surface area contributed by atoms with Crippen LogP contribution in [0.25, 0.3) is 0 Å². The molecule has 0 aliphatic carbocycles. The van der Waals surface area contributed by atoms with Crippen molar-refractivity contribution < 1.29 is 4.79 Å². The van der Waals surface area contributed by atoms with Gasteiger partial charge in [-0.05, 0) is 32.7 Å². The molecular weight excluding hydrogens is 178 g/mol. The highest BCUT2D eigenvalue weighted by molar-refractivity contribution is 5.73. The summed E-state index contributed by atoms with van der Waals surface area (Å²) in [7, 11) is 3.52. The Morgan fingerprint density at radius 2 is 2.29 bits per heavy atom. The van der Waals surface area contributed by atoms with E-state index in [-0.39, 0.29) is 12.1 Å². The number of rotatable bonds is 4. The lowest BCUT2D eigenvalue weighted by atomic mass is 9.99. The minimum Gasteiger partial charge on any atom is -0.336 e. The molecule has 1 fully saturated rings. The van der Waals surface area contributed by atoms with E-state index in [1.807, 2.05) is 0 Å². The molecule has 2 atom stereocenters. The molecule has 0 aromatic rings. The lowest BCUT2D eigenvalue weighted by molar-refractivity contribution is 0.212. The van der Waals surface area contributed by atoms with Gasteiger partial charge < -0.3 is 15.5 Å². The van der Waals surface area contributed by atoms with Crippen LogP contribution in [0, 0.1) is 0 Å². The Bertz CT molecular complexity index is 190. The summed E-state index contributed by atoms with van der Waals surface area (Å²) >= 11 is 0. The van der Waals surface area contributed by atoms with E-state index in [0.29, 0.717) is 6.04 Å². The number of hydrogen-bond donors (Lipinski definition) is 2. The van der Waals surface area contributed by atoms with Crippen LogP contribution in [0.4, 0.5) is 4.79 Å². The molecule has 2 amide bonds. The second kappa shape index (κ2) is 5.20. The Labute approximate surface area is 86.0 Å². The summed E-state index contributed by atoms with van der Waals surface area (Å²) < 4.78 is 0. The lowest BCUT2D eigenvalue weighted by Gasteiger charge is -2.29.